The first kappa shape index (κ1) is 22.9. The van der Waals surface area contributed by atoms with Gasteiger partial charge in [-0.2, -0.15) is 0 Å². The van der Waals surface area contributed by atoms with E-state index >= 15 is 0 Å². The van der Waals surface area contributed by atoms with Crippen LogP contribution in [0, 0.1) is 17.0 Å². The summed E-state index contributed by atoms with van der Waals surface area (Å²) in [6.07, 6.45) is 1.31. The third-order valence-electron chi connectivity index (χ3n) is 5.52. The Balaban J connectivity index is 1.31. The minimum Gasteiger partial charge on any atom is -0.493 e. The molecule has 172 valence electrons. The average Bonchev–Trinajstić information content (AvgIpc) is 2.84. The SMILES string of the molecule is COc1cc(CN2CCN(c3ccc([N+](=O)[O-])cn3)CC2)ccc1OSc1ccc(C)cc1. The van der Waals surface area contributed by atoms with Gasteiger partial charge in [0, 0.05) is 43.7 Å². The first-order valence-corrected chi connectivity index (χ1v) is 11.4. The largest absolute Gasteiger partial charge is 0.493 e. The maximum absolute atomic E-state index is 10.8. The fourth-order valence-electron chi connectivity index (χ4n) is 3.63. The van der Waals surface area contributed by atoms with Gasteiger partial charge >= 0.3 is 0 Å². The highest BCUT2D eigenvalue weighted by Crippen LogP contribution is 2.33. The molecule has 0 saturated carbocycles. The Morgan fingerprint density at radius 1 is 1.03 bits per heavy atom. The Bertz CT molecular complexity index is 1080. The highest BCUT2D eigenvalue weighted by atomic mass is 32.2. The summed E-state index contributed by atoms with van der Waals surface area (Å²) in [7, 11) is 1.65. The fraction of sp³-hybridized carbons (Fsp3) is 0.292. The lowest BCUT2D eigenvalue weighted by atomic mass is 10.1. The second kappa shape index (κ2) is 10.5. The topological polar surface area (TPSA) is 81.0 Å². The molecule has 0 aliphatic carbocycles. The van der Waals surface area contributed by atoms with E-state index in [0.29, 0.717) is 11.5 Å². The van der Waals surface area contributed by atoms with E-state index in [1.165, 1.54) is 29.9 Å². The number of ether oxygens (including phenoxy) is 1. The van der Waals surface area contributed by atoms with Gasteiger partial charge in [0.15, 0.2) is 11.5 Å². The van der Waals surface area contributed by atoms with Gasteiger partial charge in [-0.05, 0) is 42.8 Å². The Kier molecular flexibility index (Phi) is 7.31. The van der Waals surface area contributed by atoms with Crippen LogP contribution in [0.5, 0.6) is 11.5 Å². The number of nitro groups is 1. The number of pyridine rings is 1. The molecule has 0 N–H and O–H groups in total. The van der Waals surface area contributed by atoms with Crippen molar-refractivity contribution in [2.75, 3.05) is 38.2 Å². The average molecular weight is 467 g/mol. The van der Waals surface area contributed by atoms with Crippen LogP contribution >= 0.6 is 12.0 Å². The van der Waals surface area contributed by atoms with Crippen molar-refractivity contribution in [1.82, 2.24) is 9.88 Å². The van der Waals surface area contributed by atoms with Crippen LogP contribution in [0.1, 0.15) is 11.1 Å². The standard InChI is InChI=1S/C24H26N4O4S/c1-18-3-7-21(8-4-18)33-32-22-9-5-19(15-23(22)31-2)17-26-11-13-27(14-12-26)24-10-6-20(16-25-24)28(29)30/h3-10,15-16H,11-14,17H2,1-2H3. The smallest absolute Gasteiger partial charge is 0.287 e. The first-order chi connectivity index (χ1) is 16.0. The number of piperazine rings is 1. The Morgan fingerprint density at radius 3 is 2.42 bits per heavy atom. The molecule has 0 radical (unpaired) electrons. The normalized spacial score (nSPS) is 14.2. The van der Waals surface area contributed by atoms with E-state index in [-0.39, 0.29) is 5.69 Å². The van der Waals surface area contributed by atoms with Crippen molar-refractivity contribution in [2.45, 2.75) is 18.4 Å². The molecule has 1 fully saturated rings. The highest BCUT2D eigenvalue weighted by Gasteiger charge is 2.19. The van der Waals surface area contributed by atoms with Crippen LogP contribution < -0.4 is 13.8 Å². The molecule has 0 atom stereocenters. The van der Waals surface area contributed by atoms with Crippen molar-refractivity contribution in [3.8, 4) is 11.5 Å². The van der Waals surface area contributed by atoms with Crippen molar-refractivity contribution < 1.29 is 13.8 Å². The zero-order chi connectivity index (χ0) is 23.2. The van der Waals surface area contributed by atoms with Crippen LogP contribution in [-0.4, -0.2) is 48.1 Å². The van der Waals surface area contributed by atoms with Gasteiger partial charge in [0.25, 0.3) is 5.69 Å². The van der Waals surface area contributed by atoms with Gasteiger partial charge in [-0.15, -0.1) is 0 Å². The van der Waals surface area contributed by atoms with Crippen LogP contribution in [0.15, 0.2) is 65.7 Å². The molecule has 2 aromatic carbocycles. The van der Waals surface area contributed by atoms with Crippen molar-refractivity contribution in [3.63, 3.8) is 0 Å². The van der Waals surface area contributed by atoms with E-state index in [0.717, 1.165) is 49.0 Å². The van der Waals surface area contributed by atoms with E-state index in [9.17, 15) is 10.1 Å². The summed E-state index contributed by atoms with van der Waals surface area (Å²) in [5, 5.41) is 10.8. The fourth-order valence-corrected chi connectivity index (χ4v) is 4.20. The minimum atomic E-state index is -0.430. The molecule has 0 bridgehead atoms. The molecule has 1 aliphatic rings. The monoisotopic (exact) mass is 466 g/mol. The van der Waals surface area contributed by atoms with Gasteiger partial charge in [0.2, 0.25) is 0 Å². The van der Waals surface area contributed by atoms with Crippen LogP contribution in [0.25, 0.3) is 0 Å². The van der Waals surface area contributed by atoms with Crippen LogP contribution in [0.4, 0.5) is 11.5 Å². The lowest BCUT2D eigenvalue weighted by Gasteiger charge is -2.35. The predicted molar refractivity (Wildman–Crippen MR) is 129 cm³/mol. The molecule has 8 nitrogen and oxygen atoms in total. The number of anilines is 1. The lowest BCUT2D eigenvalue weighted by Crippen LogP contribution is -2.46. The summed E-state index contributed by atoms with van der Waals surface area (Å²) in [5.74, 6) is 2.18. The zero-order valence-electron chi connectivity index (χ0n) is 18.6. The molecule has 0 spiro atoms. The lowest BCUT2D eigenvalue weighted by molar-refractivity contribution is -0.385. The molecule has 9 heteroatoms. The van der Waals surface area contributed by atoms with Gasteiger partial charge in [-0.25, -0.2) is 4.98 Å². The Labute approximate surface area is 197 Å². The summed E-state index contributed by atoms with van der Waals surface area (Å²) in [4.78, 5) is 20.2. The molecule has 1 saturated heterocycles. The second-order valence-corrected chi connectivity index (χ2v) is 8.66. The van der Waals surface area contributed by atoms with Crippen LogP contribution in [-0.2, 0) is 6.54 Å². The minimum absolute atomic E-state index is 0.0102. The molecular weight excluding hydrogens is 440 g/mol. The van der Waals surface area contributed by atoms with E-state index in [2.05, 4.69) is 39.9 Å². The number of benzene rings is 2. The summed E-state index contributed by atoms with van der Waals surface area (Å²) in [6.45, 7) is 6.25. The number of hydrogen-bond donors (Lipinski definition) is 0. The molecular formula is C24H26N4O4S. The van der Waals surface area contributed by atoms with Crippen molar-refractivity contribution in [2.24, 2.45) is 0 Å². The van der Waals surface area contributed by atoms with E-state index in [4.69, 9.17) is 8.92 Å². The molecule has 1 aromatic heterocycles. The molecule has 0 amide bonds. The molecule has 0 unspecified atom stereocenters. The first-order valence-electron chi connectivity index (χ1n) is 10.7. The van der Waals surface area contributed by atoms with Gasteiger partial charge in [-0.1, -0.05) is 23.8 Å². The molecule has 33 heavy (non-hydrogen) atoms. The van der Waals surface area contributed by atoms with Crippen LogP contribution in [0.3, 0.4) is 0 Å². The van der Waals surface area contributed by atoms with Gasteiger partial charge in [-0.3, -0.25) is 15.0 Å². The molecule has 1 aliphatic heterocycles. The van der Waals surface area contributed by atoms with Crippen LogP contribution in [0.2, 0.25) is 0 Å². The number of hydrogen-bond acceptors (Lipinski definition) is 8. The van der Waals surface area contributed by atoms with Gasteiger partial charge in [0.05, 0.1) is 24.1 Å². The van der Waals surface area contributed by atoms with Crippen molar-refractivity contribution >= 4 is 23.5 Å². The molecule has 3 aromatic rings. The summed E-state index contributed by atoms with van der Waals surface area (Å²) < 4.78 is 11.5. The quantitative estimate of drug-likeness (QED) is 0.268. The zero-order valence-corrected chi connectivity index (χ0v) is 19.5. The predicted octanol–water partition coefficient (Wildman–Crippen LogP) is 4.72. The second-order valence-electron chi connectivity index (χ2n) is 7.86. The number of nitrogens with zero attached hydrogens (tertiary/aromatic N) is 4. The third-order valence-corrected chi connectivity index (χ3v) is 6.25. The number of aromatic nitrogens is 1. The number of rotatable bonds is 8. The number of aryl methyl sites for hydroxylation is 1. The van der Waals surface area contributed by atoms with Crippen molar-refractivity contribution in [1.29, 1.82) is 0 Å². The number of methoxy groups -OCH3 is 1. The summed E-state index contributed by atoms with van der Waals surface area (Å²) in [6, 6.07) is 17.4. The highest BCUT2D eigenvalue weighted by molar-refractivity contribution is 7.95. The van der Waals surface area contributed by atoms with Crippen molar-refractivity contribution in [3.05, 3.63) is 82.0 Å². The van der Waals surface area contributed by atoms with E-state index in [1.807, 2.05) is 24.3 Å². The molecule has 2 heterocycles. The summed E-state index contributed by atoms with van der Waals surface area (Å²) in [5.41, 5.74) is 2.38. The van der Waals surface area contributed by atoms with Gasteiger partial charge in [0.1, 0.15) is 12.0 Å². The third kappa shape index (κ3) is 5.94. The molecule has 4 rings (SSSR count). The summed E-state index contributed by atoms with van der Waals surface area (Å²) >= 11 is 1.31. The van der Waals surface area contributed by atoms with E-state index in [1.54, 1.807) is 13.2 Å². The maximum atomic E-state index is 10.8. The van der Waals surface area contributed by atoms with E-state index < -0.39 is 4.92 Å². The van der Waals surface area contributed by atoms with Gasteiger partial charge < -0.3 is 13.8 Å². The maximum Gasteiger partial charge on any atom is 0.287 e. The Morgan fingerprint density at radius 2 is 1.79 bits per heavy atom. The Hall–Kier alpha value is -3.30.